The Morgan fingerprint density at radius 1 is 0.826 bits per heavy atom. The highest BCUT2D eigenvalue weighted by Crippen LogP contribution is 2.54. The number of phenols is 2. The van der Waals surface area contributed by atoms with E-state index in [0.29, 0.717) is 24.3 Å². The van der Waals surface area contributed by atoms with Crippen molar-refractivity contribution in [1.82, 2.24) is 0 Å². The van der Waals surface area contributed by atoms with Crippen LogP contribution in [-0.4, -0.2) is 35.6 Å². The lowest BCUT2D eigenvalue weighted by Gasteiger charge is -2.15. The highest BCUT2D eigenvalue weighted by Gasteiger charge is 2.51. The minimum Gasteiger partial charge on any atom is -0.507 e. The van der Waals surface area contributed by atoms with E-state index in [2.05, 4.69) is 0 Å². The molecule has 5 rings (SSSR count). The largest absolute Gasteiger partial charge is 0.507 e. The van der Waals surface area contributed by atoms with Gasteiger partial charge < -0.3 is 24.4 Å². The van der Waals surface area contributed by atoms with Crippen LogP contribution >= 0.6 is 0 Å². The third-order valence-corrected chi connectivity index (χ3v) is 4.75. The molecule has 0 bridgehead atoms. The third-order valence-electron chi connectivity index (χ3n) is 4.75. The molecule has 0 aliphatic carbocycles. The lowest BCUT2D eigenvalue weighted by atomic mass is 9.89. The maximum absolute atomic E-state index is 10.5. The first-order valence-corrected chi connectivity index (χ1v) is 7.77. The molecule has 2 aromatic rings. The molecule has 118 valence electrons. The molecular weight excluding hydrogens is 296 g/mol. The van der Waals surface area contributed by atoms with Gasteiger partial charge in [-0.2, -0.15) is 0 Å². The van der Waals surface area contributed by atoms with Crippen molar-refractivity contribution in [2.45, 2.75) is 24.4 Å². The standard InChI is InChI=1S/C18H16O5/c19-11-4-2-1-3-9(11)15-12(20)6-5-10-16(15)18-14(23-18)8-21-7-13-17(10)22-13/h1-6,13-14,17-20H,7-8H2. The van der Waals surface area contributed by atoms with Gasteiger partial charge in [0.25, 0.3) is 0 Å². The maximum atomic E-state index is 10.5. The highest BCUT2D eigenvalue weighted by molar-refractivity contribution is 5.80. The average molecular weight is 312 g/mol. The van der Waals surface area contributed by atoms with Crippen molar-refractivity contribution in [2.75, 3.05) is 13.2 Å². The van der Waals surface area contributed by atoms with Crippen molar-refractivity contribution >= 4 is 0 Å². The second-order valence-corrected chi connectivity index (χ2v) is 6.21. The Labute approximate surface area is 133 Å². The number of aromatic hydroxyl groups is 2. The van der Waals surface area contributed by atoms with Crippen molar-refractivity contribution in [3.05, 3.63) is 47.5 Å². The first kappa shape index (κ1) is 13.4. The van der Waals surface area contributed by atoms with E-state index in [1.807, 2.05) is 12.1 Å². The molecule has 0 aromatic heterocycles. The van der Waals surface area contributed by atoms with E-state index in [0.717, 1.165) is 11.1 Å². The van der Waals surface area contributed by atoms with Crippen LogP contribution in [0.1, 0.15) is 23.3 Å². The minimum absolute atomic E-state index is 0.00217. The number of para-hydroxylation sites is 1. The van der Waals surface area contributed by atoms with Crippen molar-refractivity contribution in [2.24, 2.45) is 0 Å². The molecule has 0 amide bonds. The van der Waals surface area contributed by atoms with Gasteiger partial charge in [0.1, 0.15) is 35.9 Å². The van der Waals surface area contributed by atoms with Crippen LogP contribution in [-0.2, 0) is 14.2 Å². The van der Waals surface area contributed by atoms with E-state index < -0.39 is 0 Å². The van der Waals surface area contributed by atoms with Gasteiger partial charge in [-0.1, -0.05) is 24.3 Å². The number of hydrogen-bond donors (Lipinski definition) is 2. The Kier molecular flexibility index (Phi) is 2.74. The summed E-state index contributed by atoms with van der Waals surface area (Å²) in [6.07, 6.45) is -0.0986. The maximum Gasteiger partial charge on any atom is 0.123 e. The van der Waals surface area contributed by atoms with Gasteiger partial charge in [-0.3, -0.25) is 0 Å². The van der Waals surface area contributed by atoms with Crippen LogP contribution in [0.5, 0.6) is 11.5 Å². The Hall–Kier alpha value is -2.08. The number of epoxide rings is 2. The molecule has 2 aromatic carbocycles. The van der Waals surface area contributed by atoms with E-state index in [1.54, 1.807) is 24.3 Å². The van der Waals surface area contributed by atoms with Gasteiger partial charge in [0.15, 0.2) is 0 Å². The second kappa shape index (κ2) is 4.71. The highest BCUT2D eigenvalue weighted by atomic mass is 16.6. The van der Waals surface area contributed by atoms with E-state index in [4.69, 9.17) is 14.2 Å². The molecule has 5 heteroatoms. The van der Waals surface area contributed by atoms with Gasteiger partial charge in [-0.25, -0.2) is 0 Å². The summed E-state index contributed by atoms with van der Waals surface area (Å²) in [5.74, 6) is 0.273. The second-order valence-electron chi connectivity index (χ2n) is 6.21. The van der Waals surface area contributed by atoms with Gasteiger partial charge in [-0.15, -0.1) is 0 Å². The van der Waals surface area contributed by atoms with Gasteiger partial charge in [0.2, 0.25) is 0 Å². The van der Waals surface area contributed by atoms with Crippen LogP contribution in [0.15, 0.2) is 36.4 Å². The molecule has 4 atom stereocenters. The number of phenolic OH excluding ortho intramolecular Hbond substituents is 2. The number of ether oxygens (including phenoxy) is 3. The molecule has 2 fully saturated rings. The van der Waals surface area contributed by atoms with E-state index in [-0.39, 0.29) is 35.9 Å². The summed E-state index contributed by atoms with van der Waals surface area (Å²) < 4.78 is 17.1. The lowest BCUT2D eigenvalue weighted by molar-refractivity contribution is 0.102. The summed E-state index contributed by atoms with van der Waals surface area (Å²) in [6.45, 7) is 1.08. The zero-order valence-corrected chi connectivity index (χ0v) is 12.3. The fourth-order valence-electron chi connectivity index (χ4n) is 3.51. The molecule has 4 unspecified atom stereocenters. The zero-order valence-electron chi connectivity index (χ0n) is 12.3. The smallest absolute Gasteiger partial charge is 0.123 e. The average Bonchev–Trinajstić information content (AvgIpc) is 3.45. The predicted octanol–water partition coefficient (Wildman–Crippen LogP) is 2.67. The summed E-state index contributed by atoms with van der Waals surface area (Å²) in [5.41, 5.74) is 3.16. The molecule has 0 saturated carbocycles. The van der Waals surface area contributed by atoms with Crippen molar-refractivity contribution in [1.29, 1.82) is 0 Å². The number of fused-ring (bicyclic) bond motifs is 5. The molecule has 23 heavy (non-hydrogen) atoms. The molecular formula is C18H16O5. The Morgan fingerprint density at radius 3 is 2.39 bits per heavy atom. The molecule has 3 heterocycles. The fraction of sp³-hybridized carbons (Fsp3) is 0.333. The molecule has 5 nitrogen and oxygen atoms in total. The monoisotopic (exact) mass is 312 g/mol. The topological polar surface area (TPSA) is 74.8 Å². The van der Waals surface area contributed by atoms with Gasteiger partial charge >= 0.3 is 0 Å². The third kappa shape index (κ3) is 2.05. The number of hydrogen-bond acceptors (Lipinski definition) is 5. The summed E-state index contributed by atoms with van der Waals surface area (Å²) in [6, 6.07) is 10.6. The fourth-order valence-corrected chi connectivity index (χ4v) is 3.51. The summed E-state index contributed by atoms with van der Waals surface area (Å²) in [5, 5.41) is 20.7. The van der Waals surface area contributed by atoms with Gasteiger partial charge in [0.05, 0.1) is 13.2 Å². The van der Waals surface area contributed by atoms with Crippen molar-refractivity contribution in [3.8, 4) is 22.6 Å². The Morgan fingerprint density at radius 2 is 1.57 bits per heavy atom. The van der Waals surface area contributed by atoms with Crippen LogP contribution in [0.25, 0.3) is 11.1 Å². The van der Waals surface area contributed by atoms with E-state index in [9.17, 15) is 10.2 Å². The zero-order chi connectivity index (χ0) is 15.6. The molecule has 2 N–H and O–H groups in total. The number of rotatable bonds is 1. The van der Waals surface area contributed by atoms with Crippen LogP contribution < -0.4 is 0 Å². The first-order valence-electron chi connectivity index (χ1n) is 7.77. The van der Waals surface area contributed by atoms with Crippen molar-refractivity contribution in [3.63, 3.8) is 0 Å². The van der Waals surface area contributed by atoms with Gasteiger partial charge in [-0.05, 0) is 17.7 Å². The predicted molar refractivity (Wildman–Crippen MR) is 81.3 cm³/mol. The first-order chi connectivity index (χ1) is 11.2. The Balaban J connectivity index is 1.74. The SMILES string of the molecule is Oc1ccccc1-c1c(O)ccc2c1C1OC1COCC1OC21. The normalized spacial score (nSPS) is 31.0. The summed E-state index contributed by atoms with van der Waals surface area (Å²) in [7, 11) is 0. The minimum atomic E-state index is -0.130. The molecule has 0 spiro atoms. The molecule has 2 saturated heterocycles. The molecule has 0 radical (unpaired) electrons. The van der Waals surface area contributed by atoms with Gasteiger partial charge in [0, 0.05) is 16.7 Å². The van der Waals surface area contributed by atoms with Crippen LogP contribution in [0.4, 0.5) is 0 Å². The lowest BCUT2D eigenvalue weighted by Crippen LogP contribution is -2.06. The van der Waals surface area contributed by atoms with Crippen LogP contribution in [0, 0.1) is 0 Å². The van der Waals surface area contributed by atoms with Crippen molar-refractivity contribution < 1.29 is 24.4 Å². The molecule has 3 aliphatic heterocycles. The Bertz CT molecular complexity index is 787. The summed E-state index contributed by atoms with van der Waals surface area (Å²) in [4.78, 5) is 0. The quantitative estimate of drug-likeness (QED) is 0.792. The number of benzene rings is 2. The van der Waals surface area contributed by atoms with Crippen LogP contribution in [0.2, 0.25) is 0 Å². The van der Waals surface area contributed by atoms with Crippen LogP contribution in [0.3, 0.4) is 0 Å². The van der Waals surface area contributed by atoms with E-state index >= 15 is 0 Å². The van der Waals surface area contributed by atoms with E-state index in [1.165, 1.54) is 0 Å². The molecule has 3 aliphatic rings. The summed E-state index contributed by atoms with van der Waals surface area (Å²) >= 11 is 0.